The number of nitrogens with one attached hydrogen (secondary N) is 1. The van der Waals surface area contributed by atoms with Crippen LogP contribution in [0.4, 0.5) is 5.95 Å². The van der Waals surface area contributed by atoms with Crippen molar-refractivity contribution in [2.75, 3.05) is 25.6 Å². The van der Waals surface area contributed by atoms with Gasteiger partial charge in [0, 0.05) is 32.2 Å². The maximum atomic E-state index is 5.13. The lowest BCUT2D eigenvalue weighted by Crippen LogP contribution is -2.18. The largest absolute Gasteiger partial charge is 0.385 e. The van der Waals surface area contributed by atoms with Gasteiger partial charge in [0.1, 0.15) is 0 Å². The van der Waals surface area contributed by atoms with Crippen LogP contribution in [0.15, 0.2) is 12.3 Å². The molecule has 0 aliphatic heterocycles. The predicted molar refractivity (Wildman–Crippen MR) is 63.4 cm³/mol. The van der Waals surface area contributed by atoms with Gasteiger partial charge < -0.3 is 10.1 Å². The third-order valence-electron chi connectivity index (χ3n) is 3.21. The molecule has 0 aromatic carbocycles. The molecule has 1 saturated carbocycles. The van der Waals surface area contributed by atoms with E-state index < -0.39 is 0 Å². The van der Waals surface area contributed by atoms with Crippen LogP contribution in [0.1, 0.15) is 25.0 Å². The van der Waals surface area contributed by atoms with Gasteiger partial charge in [-0.15, -0.1) is 0 Å². The number of anilines is 1. The van der Waals surface area contributed by atoms with Crippen LogP contribution in [-0.4, -0.2) is 30.2 Å². The summed E-state index contributed by atoms with van der Waals surface area (Å²) in [7, 11) is 1.76. The molecule has 16 heavy (non-hydrogen) atoms. The Kier molecular flexibility index (Phi) is 3.39. The molecule has 1 aromatic heterocycles. The van der Waals surface area contributed by atoms with Crippen LogP contribution in [0.2, 0.25) is 0 Å². The molecule has 1 aliphatic rings. The number of hydrogen-bond acceptors (Lipinski definition) is 4. The maximum Gasteiger partial charge on any atom is 0.222 e. The Labute approximate surface area is 96.4 Å². The molecule has 1 aliphatic carbocycles. The molecule has 0 saturated heterocycles. The van der Waals surface area contributed by atoms with Crippen molar-refractivity contribution in [3.63, 3.8) is 0 Å². The molecule has 4 heteroatoms. The molecule has 2 rings (SSSR count). The van der Waals surface area contributed by atoms with E-state index in [1.165, 1.54) is 12.8 Å². The number of aromatic nitrogens is 2. The smallest absolute Gasteiger partial charge is 0.222 e. The normalized spacial score (nSPS) is 17.1. The fraction of sp³-hybridized carbons (Fsp3) is 0.667. The van der Waals surface area contributed by atoms with E-state index in [0.29, 0.717) is 5.41 Å². The molecule has 0 spiro atoms. The molecule has 1 fully saturated rings. The number of aryl methyl sites for hydroxylation is 1. The van der Waals surface area contributed by atoms with E-state index in [1.807, 2.05) is 13.0 Å². The number of ether oxygens (including phenoxy) is 1. The van der Waals surface area contributed by atoms with Crippen molar-refractivity contribution in [3.05, 3.63) is 18.0 Å². The standard InChI is InChI=1S/C12H19N3O/c1-10-3-7-13-11(15-10)14-9-12(4-5-12)6-8-16-2/h3,7H,4-6,8-9H2,1-2H3,(H,13,14,15). The van der Waals surface area contributed by atoms with Crippen molar-refractivity contribution < 1.29 is 4.74 Å². The second-order valence-electron chi connectivity index (χ2n) is 4.62. The van der Waals surface area contributed by atoms with Crippen LogP contribution < -0.4 is 5.32 Å². The summed E-state index contributed by atoms with van der Waals surface area (Å²) >= 11 is 0. The van der Waals surface area contributed by atoms with E-state index in [0.717, 1.165) is 31.2 Å². The SMILES string of the molecule is COCCC1(CNc2nccc(C)n2)CC1. The van der Waals surface area contributed by atoms with Gasteiger partial charge in [-0.3, -0.25) is 0 Å². The lowest BCUT2D eigenvalue weighted by molar-refractivity contribution is 0.175. The highest BCUT2D eigenvalue weighted by atomic mass is 16.5. The molecular formula is C12H19N3O. The van der Waals surface area contributed by atoms with E-state index in [-0.39, 0.29) is 0 Å². The maximum absolute atomic E-state index is 5.13. The summed E-state index contributed by atoms with van der Waals surface area (Å²) in [6.07, 6.45) is 5.49. The molecular weight excluding hydrogens is 202 g/mol. The first kappa shape index (κ1) is 11.3. The van der Waals surface area contributed by atoms with Gasteiger partial charge in [-0.25, -0.2) is 9.97 Å². The molecule has 0 amide bonds. The fourth-order valence-corrected chi connectivity index (χ4v) is 1.81. The van der Waals surface area contributed by atoms with Crippen molar-refractivity contribution in [3.8, 4) is 0 Å². The molecule has 4 nitrogen and oxygen atoms in total. The summed E-state index contributed by atoms with van der Waals surface area (Å²) in [4.78, 5) is 8.53. The van der Waals surface area contributed by atoms with Gasteiger partial charge in [-0.1, -0.05) is 0 Å². The first-order valence-electron chi connectivity index (χ1n) is 5.77. The van der Waals surface area contributed by atoms with E-state index >= 15 is 0 Å². The quantitative estimate of drug-likeness (QED) is 0.798. The molecule has 0 atom stereocenters. The Morgan fingerprint density at radius 1 is 1.50 bits per heavy atom. The highest BCUT2D eigenvalue weighted by Crippen LogP contribution is 2.48. The van der Waals surface area contributed by atoms with E-state index in [9.17, 15) is 0 Å². The number of methoxy groups -OCH3 is 1. The topological polar surface area (TPSA) is 47.0 Å². The lowest BCUT2D eigenvalue weighted by Gasteiger charge is -2.15. The molecule has 0 bridgehead atoms. The van der Waals surface area contributed by atoms with E-state index in [2.05, 4.69) is 15.3 Å². The van der Waals surface area contributed by atoms with Crippen molar-refractivity contribution >= 4 is 5.95 Å². The molecule has 1 N–H and O–H groups in total. The monoisotopic (exact) mass is 221 g/mol. The van der Waals surface area contributed by atoms with Crippen molar-refractivity contribution in [2.24, 2.45) is 5.41 Å². The highest BCUT2D eigenvalue weighted by Gasteiger charge is 2.41. The third-order valence-corrected chi connectivity index (χ3v) is 3.21. The van der Waals surface area contributed by atoms with Crippen molar-refractivity contribution in [1.82, 2.24) is 9.97 Å². The lowest BCUT2D eigenvalue weighted by atomic mass is 10.0. The van der Waals surface area contributed by atoms with Gasteiger partial charge in [-0.05, 0) is 37.7 Å². The summed E-state index contributed by atoms with van der Waals surface area (Å²) in [6.45, 7) is 3.78. The van der Waals surface area contributed by atoms with E-state index in [1.54, 1.807) is 13.3 Å². The third kappa shape index (κ3) is 2.92. The first-order valence-corrected chi connectivity index (χ1v) is 5.77. The minimum atomic E-state index is 0.434. The molecule has 0 radical (unpaired) electrons. The van der Waals surface area contributed by atoms with Crippen LogP contribution in [-0.2, 0) is 4.74 Å². The Balaban J connectivity index is 1.83. The van der Waals surface area contributed by atoms with Crippen LogP contribution >= 0.6 is 0 Å². The summed E-state index contributed by atoms with van der Waals surface area (Å²) in [5.74, 6) is 0.740. The van der Waals surface area contributed by atoms with Crippen molar-refractivity contribution in [2.45, 2.75) is 26.2 Å². The van der Waals surface area contributed by atoms with Crippen LogP contribution in [0.25, 0.3) is 0 Å². The number of hydrogen-bond donors (Lipinski definition) is 1. The second-order valence-corrected chi connectivity index (χ2v) is 4.62. The average Bonchev–Trinajstić information content (AvgIpc) is 3.05. The summed E-state index contributed by atoms with van der Waals surface area (Å²) in [5, 5.41) is 3.32. The minimum absolute atomic E-state index is 0.434. The summed E-state index contributed by atoms with van der Waals surface area (Å²) in [6, 6.07) is 1.91. The van der Waals surface area contributed by atoms with Gasteiger partial charge in [-0.2, -0.15) is 0 Å². The first-order chi connectivity index (χ1) is 7.74. The minimum Gasteiger partial charge on any atom is -0.385 e. The zero-order valence-corrected chi connectivity index (χ0v) is 9.99. The van der Waals surface area contributed by atoms with Gasteiger partial charge in [0.25, 0.3) is 0 Å². The number of rotatable bonds is 6. The Bertz CT molecular complexity index is 350. The van der Waals surface area contributed by atoms with Crippen molar-refractivity contribution in [1.29, 1.82) is 0 Å². The summed E-state index contributed by atoms with van der Waals surface area (Å²) < 4.78 is 5.13. The van der Waals surface area contributed by atoms with Crippen LogP contribution in [0.3, 0.4) is 0 Å². The molecule has 1 aromatic rings. The van der Waals surface area contributed by atoms with E-state index in [4.69, 9.17) is 4.74 Å². The molecule has 1 heterocycles. The zero-order chi connectivity index (χ0) is 11.4. The predicted octanol–water partition coefficient (Wildman–Crippen LogP) is 2.01. The van der Waals surface area contributed by atoms with Gasteiger partial charge in [0.2, 0.25) is 5.95 Å². The Morgan fingerprint density at radius 3 is 2.94 bits per heavy atom. The van der Waals surface area contributed by atoms with Gasteiger partial charge >= 0.3 is 0 Å². The zero-order valence-electron chi connectivity index (χ0n) is 9.99. The second kappa shape index (κ2) is 4.78. The Morgan fingerprint density at radius 2 is 2.31 bits per heavy atom. The van der Waals surface area contributed by atoms with Crippen LogP contribution in [0, 0.1) is 12.3 Å². The molecule has 0 unspecified atom stereocenters. The average molecular weight is 221 g/mol. The fourth-order valence-electron chi connectivity index (χ4n) is 1.81. The van der Waals surface area contributed by atoms with Gasteiger partial charge in [0.15, 0.2) is 0 Å². The van der Waals surface area contributed by atoms with Gasteiger partial charge in [0.05, 0.1) is 0 Å². The molecule has 88 valence electrons. The Hall–Kier alpha value is -1.16. The van der Waals surface area contributed by atoms with Crippen LogP contribution in [0.5, 0.6) is 0 Å². The summed E-state index contributed by atoms with van der Waals surface area (Å²) in [5.41, 5.74) is 1.43. The highest BCUT2D eigenvalue weighted by molar-refractivity contribution is 5.26. The number of nitrogens with zero attached hydrogens (tertiary/aromatic N) is 2.